The van der Waals surface area contributed by atoms with Gasteiger partial charge in [0.2, 0.25) is 0 Å². The molecule has 1 atom stereocenters. The van der Waals surface area contributed by atoms with Crippen molar-refractivity contribution in [3.05, 3.63) is 23.9 Å². The molecule has 1 aromatic heterocycles. The van der Waals surface area contributed by atoms with E-state index in [9.17, 15) is 4.79 Å². The van der Waals surface area contributed by atoms with E-state index in [-0.39, 0.29) is 18.7 Å². The van der Waals surface area contributed by atoms with Crippen molar-refractivity contribution in [3.8, 4) is 0 Å². The van der Waals surface area contributed by atoms with Gasteiger partial charge >= 0.3 is 6.03 Å². The number of aliphatic hydroxyl groups is 1. The van der Waals surface area contributed by atoms with Crippen LogP contribution < -0.4 is 15.5 Å². The number of aliphatic hydroxyl groups excluding tert-OH is 1. The Labute approximate surface area is 113 Å². The molecule has 3 N–H and O–H groups in total. The average Bonchev–Trinajstić information content (AvgIpc) is 2.37. The lowest BCUT2D eigenvalue weighted by molar-refractivity contribution is 0.230. The summed E-state index contributed by atoms with van der Waals surface area (Å²) in [5.41, 5.74) is 0.990. The molecule has 2 amide bonds. The van der Waals surface area contributed by atoms with Crippen molar-refractivity contribution < 1.29 is 9.90 Å². The number of pyridine rings is 1. The van der Waals surface area contributed by atoms with Gasteiger partial charge in [-0.25, -0.2) is 9.78 Å². The Hall–Kier alpha value is -1.82. The molecular formula is C13H22N4O2. The van der Waals surface area contributed by atoms with Gasteiger partial charge in [0.05, 0.1) is 0 Å². The zero-order chi connectivity index (χ0) is 14.3. The second kappa shape index (κ2) is 7.58. The first kappa shape index (κ1) is 15.2. The van der Waals surface area contributed by atoms with E-state index in [1.807, 2.05) is 38.1 Å². The number of urea groups is 1. The minimum Gasteiger partial charge on any atom is -0.396 e. The molecule has 0 saturated carbocycles. The summed E-state index contributed by atoms with van der Waals surface area (Å²) in [7, 11) is 3.84. The summed E-state index contributed by atoms with van der Waals surface area (Å²) in [5, 5.41) is 14.3. The fraction of sp³-hybridized carbons (Fsp3) is 0.538. The highest BCUT2D eigenvalue weighted by Crippen LogP contribution is 2.09. The van der Waals surface area contributed by atoms with Crippen molar-refractivity contribution in [2.24, 2.45) is 0 Å². The normalized spacial score (nSPS) is 11.8. The number of nitrogens with zero attached hydrogens (tertiary/aromatic N) is 2. The van der Waals surface area contributed by atoms with Gasteiger partial charge in [-0.1, -0.05) is 0 Å². The zero-order valence-corrected chi connectivity index (χ0v) is 11.7. The Bertz CT molecular complexity index is 409. The molecule has 0 unspecified atom stereocenters. The first-order valence-corrected chi connectivity index (χ1v) is 6.30. The van der Waals surface area contributed by atoms with E-state index in [1.54, 1.807) is 6.20 Å². The fourth-order valence-corrected chi connectivity index (χ4v) is 1.54. The third-order valence-corrected chi connectivity index (χ3v) is 2.66. The Kier molecular flexibility index (Phi) is 6.08. The predicted molar refractivity (Wildman–Crippen MR) is 75.1 cm³/mol. The van der Waals surface area contributed by atoms with E-state index in [2.05, 4.69) is 15.6 Å². The molecule has 0 aliphatic carbocycles. The molecule has 0 radical (unpaired) electrons. The van der Waals surface area contributed by atoms with Crippen LogP contribution in [0, 0.1) is 0 Å². The fourth-order valence-electron chi connectivity index (χ4n) is 1.54. The molecule has 0 saturated heterocycles. The average molecular weight is 266 g/mol. The van der Waals surface area contributed by atoms with Crippen molar-refractivity contribution >= 4 is 11.8 Å². The van der Waals surface area contributed by atoms with E-state index in [0.717, 1.165) is 11.4 Å². The smallest absolute Gasteiger partial charge is 0.315 e. The molecule has 0 fully saturated rings. The number of carbonyl (C=O) groups is 1. The van der Waals surface area contributed by atoms with Gasteiger partial charge in [0.25, 0.3) is 0 Å². The third-order valence-electron chi connectivity index (χ3n) is 2.66. The van der Waals surface area contributed by atoms with Crippen LogP contribution in [-0.4, -0.2) is 42.9 Å². The SMILES string of the molecule is C[C@H](CCO)NC(=O)NCc1ccnc(N(C)C)c1. The summed E-state index contributed by atoms with van der Waals surface area (Å²) in [5.74, 6) is 0.855. The summed E-state index contributed by atoms with van der Waals surface area (Å²) in [4.78, 5) is 17.7. The minimum absolute atomic E-state index is 0.0419. The molecular weight excluding hydrogens is 244 g/mol. The largest absolute Gasteiger partial charge is 0.396 e. The van der Waals surface area contributed by atoms with Crippen molar-refractivity contribution in [2.75, 3.05) is 25.6 Å². The van der Waals surface area contributed by atoms with Gasteiger partial charge in [-0.3, -0.25) is 0 Å². The van der Waals surface area contributed by atoms with Crippen molar-refractivity contribution in [2.45, 2.75) is 25.9 Å². The number of rotatable bonds is 6. The van der Waals surface area contributed by atoms with Crippen LogP contribution in [-0.2, 0) is 6.54 Å². The van der Waals surface area contributed by atoms with E-state index < -0.39 is 0 Å². The van der Waals surface area contributed by atoms with Gasteiger partial charge in [0.15, 0.2) is 0 Å². The van der Waals surface area contributed by atoms with Crippen molar-refractivity contribution in [1.82, 2.24) is 15.6 Å². The van der Waals surface area contributed by atoms with Crippen LogP contribution in [0.3, 0.4) is 0 Å². The molecule has 1 aromatic rings. The lowest BCUT2D eigenvalue weighted by Crippen LogP contribution is -2.40. The first-order valence-electron chi connectivity index (χ1n) is 6.30. The second-order valence-corrected chi connectivity index (χ2v) is 4.66. The molecule has 106 valence electrons. The van der Waals surface area contributed by atoms with Gasteiger partial charge in [0, 0.05) is 39.5 Å². The van der Waals surface area contributed by atoms with Crippen LogP contribution in [0.1, 0.15) is 18.9 Å². The summed E-state index contributed by atoms with van der Waals surface area (Å²) < 4.78 is 0. The number of hydrogen-bond acceptors (Lipinski definition) is 4. The number of anilines is 1. The lowest BCUT2D eigenvalue weighted by atomic mass is 10.2. The van der Waals surface area contributed by atoms with Crippen LogP contribution in [0.25, 0.3) is 0 Å². The van der Waals surface area contributed by atoms with E-state index >= 15 is 0 Å². The molecule has 0 bridgehead atoms. The molecule has 6 nitrogen and oxygen atoms in total. The van der Waals surface area contributed by atoms with Crippen LogP contribution in [0.2, 0.25) is 0 Å². The Morgan fingerprint density at radius 2 is 2.26 bits per heavy atom. The van der Waals surface area contributed by atoms with Crippen molar-refractivity contribution in [3.63, 3.8) is 0 Å². The maximum absolute atomic E-state index is 11.6. The molecule has 1 heterocycles. The zero-order valence-electron chi connectivity index (χ0n) is 11.7. The number of carbonyl (C=O) groups excluding carboxylic acids is 1. The van der Waals surface area contributed by atoms with E-state index in [0.29, 0.717) is 13.0 Å². The molecule has 0 aliphatic heterocycles. The van der Waals surface area contributed by atoms with Gasteiger partial charge < -0.3 is 20.6 Å². The second-order valence-electron chi connectivity index (χ2n) is 4.66. The van der Waals surface area contributed by atoms with Crippen LogP contribution >= 0.6 is 0 Å². The number of nitrogens with one attached hydrogen (secondary N) is 2. The van der Waals surface area contributed by atoms with Gasteiger partial charge in [-0.15, -0.1) is 0 Å². The van der Waals surface area contributed by atoms with E-state index in [4.69, 9.17) is 5.11 Å². The molecule has 1 rings (SSSR count). The van der Waals surface area contributed by atoms with Gasteiger partial charge in [-0.2, -0.15) is 0 Å². The van der Waals surface area contributed by atoms with Gasteiger partial charge in [-0.05, 0) is 31.0 Å². The number of aromatic nitrogens is 1. The van der Waals surface area contributed by atoms with Crippen LogP contribution in [0.5, 0.6) is 0 Å². The molecule has 0 spiro atoms. The number of amides is 2. The molecule has 19 heavy (non-hydrogen) atoms. The van der Waals surface area contributed by atoms with Crippen LogP contribution in [0.4, 0.5) is 10.6 Å². The topological polar surface area (TPSA) is 77.5 Å². The monoisotopic (exact) mass is 266 g/mol. The minimum atomic E-state index is -0.232. The third kappa shape index (κ3) is 5.56. The highest BCUT2D eigenvalue weighted by Gasteiger charge is 2.06. The predicted octanol–water partition coefficient (Wildman–Crippen LogP) is 0.718. The van der Waals surface area contributed by atoms with Gasteiger partial charge in [0.1, 0.15) is 5.82 Å². The van der Waals surface area contributed by atoms with E-state index in [1.165, 1.54) is 0 Å². The summed E-state index contributed by atoms with van der Waals surface area (Å²) in [6.07, 6.45) is 2.27. The standard InChI is InChI=1S/C13H22N4O2/c1-10(5-7-18)16-13(19)15-9-11-4-6-14-12(8-11)17(2)3/h4,6,8,10,18H,5,7,9H2,1-3H3,(H2,15,16,19)/t10-/m1/s1. The summed E-state index contributed by atoms with van der Waals surface area (Å²) in [6, 6.07) is 3.52. The first-order chi connectivity index (χ1) is 9.02. The number of hydrogen-bond donors (Lipinski definition) is 3. The Morgan fingerprint density at radius 3 is 2.89 bits per heavy atom. The summed E-state index contributed by atoms with van der Waals surface area (Å²) >= 11 is 0. The highest BCUT2D eigenvalue weighted by atomic mass is 16.3. The van der Waals surface area contributed by atoms with Crippen molar-refractivity contribution in [1.29, 1.82) is 0 Å². The Morgan fingerprint density at radius 1 is 1.53 bits per heavy atom. The summed E-state index contributed by atoms with van der Waals surface area (Å²) in [6.45, 7) is 2.37. The van der Waals surface area contributed by atoms with Crippen LogP contribution in [0.15, 0.2) is 18.3 Å². The molecule has 6 heteroatoms. The Balaban J connectivity index is 2.43. The quantitative estimate of drug-likeness (QED) is 0.709. The maximum atomic E-state index is 11.6. The molecule has 0 aromatic carbocycles. The molecule has 0 aliphatic rings. The maximum Gasteiger partial charge on any atom is 0.315 e. The highest BCUT2D eigenvalue weighted by molar-refractivity contribution is 5.74. The lowest BCUT2D eigenvalue weighted by Gasteiger charge is -2.14.